The SMILES string of the molecule is CNC(=O)c1ccnc(N2CCN(C)CC2)c1. The van der Waals surface area contributed by atoms with Gasteiger partial charge in [0.15, 0.2) is 0 Å². The molecule has 1 aliphatic rings. The minimum atomic E-state index is -0.0669. The predicted octanol–water partition coefficient (Wildman–Crippen LogP) is 0.193. The Bertz CT molecular complexity index is 399. The fourth-order valence-corrected chi connectivity index (χ4v) is 1.91. The lowest BCUT2D eigenvalue weighted by Crippen LogP contribution is -2.44. The summed E-state index contributed by atoms with van der Waals surface area (Å²) in [5, 5.41) is 2.62. The van der Waals surface area contributed by atoms with E-state index in [2.05, 4.69) is 27.1 Å². The zero-order valence-corrected chi connectivity index (χ0v) is 10.3. The van der Waals surface area contributed by atoms with Gasteiger partial charge in [-0.1, -0.05) is 0 Å². The van der Waals surface area contributed by atoms with Gasteiger partial charge in [-0.25, -0.2) is 4.98 Å². The van der Waals surface area contributed by atoms with E-state index >= 15 is 0 Å². The number of pyridine rings is 1. The van der Waals surface area contributed by atoms with E-state index in [1.807, 2.05) is 6.07 Å². The van der Waals surface area contributed by atoms with Gasteiger partial charge < -0.3 is 15.1 Å². The minimum Gasteiger partial charge on any atom is -0.355 e. The highest BCUT2D eigenvalue weighted by Gasteiger charge is 2.16. The molecule has 1 N–H and O–H groups in total. The number of likely N-dealkylation sites (N-methyl/N-ethyl adjacent to an activating group) is 1. The summed E-state index contributed by atoms with van der Waals surface area (Å²) in [7, 11) is 3.75. The van der Waals surface area contributed by atoms with Crippen molar-refractivity contribution < 1.29 is 4.79 Å². The largest absolute Gasteiger partial charge is 0.355 e. The van der Waals surface area contributed by atoms with Crippen molar-refractivity contribution in [1.29, 1.82) is 0 Å². The van der Waals surface area contributed by atoms with Gasteiger partial charge in [0.1, 0.15) is 5.82 Å². The van der Waals surface area contributed by atoms with Gasteiger partial charge in [-0.3, -0.25) is 4.79 Å². The van der Waals surface area contributed by atoms with E-state index in [4.69, 9.17) is 0 Å². The standard InChI is InChI=1S/C12H18N4O/c1-13-12(17)10-3-4-14-11(9-10)16-7-5-15(2)6-8-16/h3-4,9H,5-8H2,1-2H3,(H,13,17). The van der Waals surface area contributed by atoms with Crippen molar-refractivity contribution in [2.45, 2.75) is 0 Å². The van der Waals surface area contributed by atoms with Gasteiger partial charge in [0.2, 0.25) is 0 Å². The Morgan fingerprint density at radius 3 is 2.71 bits per heavy atom. The number of carbonyl (C=O) groups is 1. The first-order valence-electron chi connectivity index (χ1n) is 5.82. The van der Waals surface area contributed by atoms with Gasteiger partial charge in [0, 0.05) is 45.0 Å². The highest BCUT2D eigenvalue weighted by Crippen LogP contribution is 2.14. The fraction of sp³-hybridized carbons (Fsp3) is 0.500. The molecule has 5 nitrogen and oxygen atoms in total. The van der Waals surface area contributed by atoms with Crippen LogP contribution >= 0.6 is 0 Å². The molecule has 1 fully saturated rings. The molecule has 0 bridgehead atoms. The van der Waals surface area contributed by atoms with Crippen LogP contribution in [0, 0.1) is 0 Å². The fourth-order valence-electron chi connectivity index (χ4n) is 1.91. The van der Waals surface area contributed by atoms with Gasteiger partial charge >= 0.3 is 0 Å². The summed E-state index contributed by atoms with van der Waals surface area (Å²) in [4.78, 5) is 20.4. The molecule has 0 spiro atoms. The second kappa shape index (κ2) is 5.14. The number of hydrogen-bond acceptors (Lipinski definition) is 4. The average Bonchev–Trinajstić information content (AvgIpc) is 2.39. The van der Waals surface area contributed by atoms with Gasteiger partial charge in [-0.2, -0.15) is 0 Å². The van der Waals surface area contributed by atoms with Crippen molar-refractivity contribution in [1.82, 2.24) is 15.2 Å². The van der Waals surface area contributed by atoms with Crippen LogP contribution in [-0.2, 0) is 0 Å². The smallest absolute Gasteiger partial charge is 0.251 e. The molecule has 2 heterocycles. The summed E-state index contributed by atoms with van der Waals surface area (Å²) in [6.07, 6.45) is 1.69. The van der Waals surface area contributed by atoms with Gasteiger partial charge in [0.05, 0.1) is 0 Å². The second-order valence-electron chi connectivity index (χ2n) is 4.27. The number of hydrogen-bond donors (Lipinski definition) is 1. The van der Waals surface area contributed by atoms with Crippen LogP contribution in [0.5, 0.6) is 0 Å². The third-order valence-corrected chi connectivity index (χ3v) is 3.06. The molecule has 1 aromatic rings. The van der Waals surface area contributed by atoms with E-state index in [9.17, 15) is 4.79 Å². The Morgan fingerprint density at radius 2 is 2.06 bits per heavy atom. The molecule has 92 valence electrons. The van der Waals surface area contributed by atoms with Crippen molar-refractivity contribution in [2.75, 3.05) is 45.2 Å². The third kappa shape index (κ3) is 2.74. The molecular weight excluding hydrogens is 216 g/mol. The summed E-state index contributed by atoms with van der Waals surface area (Å²) < 4.78 is 0. The Kier molecular flexibility index (Phi) is 3.58. The molecule has 0 radical (unpaired) electrons. The zero-order valence-electron chi connectivity index (χ0n) is 10.3. The number of rotatable bonds is 2. The molecule has 1 aromatic heterocycles. The van der Waals surface area contributed by atoms with Crippen molar-refractivity contribution >= 4 is 11.7 Å². The summed E-state index contributed by atoms with van der Waals surface area (Å²) in [5.41, 5.74) is 0.663. The highest BCUT2D eigenvalue weighted by atomic mass is 16.1. The van der Waals surface area contributed by atoms with Crippen molar-refractivity contribution in [3.05, 3.63) is 23.9 Å². The van der Waals surface area contributed by atoms with E-state index in [0.717, 1.165) is 32.0 Å². The Morgan fingerprint density at radius 1 is 1.35 bits per heavy atom. The first-order valence-corrected chi connectivity index (χ1v) is 5.82. The monoisotopic (exact) mass is 234 g/mol. The first-order chi connectivity index (χ1) is 8.20. The van der Waals surface area contributed by atoms with Crippen LogP contribution in [0.1, 0.15) is 10.4 Å². The molecule has 0 aliphatic carbocycles. The van der Waals surface area contributed by atoms with E-state index in [0.29, 0.717) is 5.56 Å². The van der Waals surface area contributed by atoms with Crippen LogP contribution in [0.25, 0.3) is 0 Å². The molecule has 2 rings (SSSR count). The molecule has 0 saturated carbocycles. The summed E-state index contributed by atoms with van der Waals surface area (Å²) in [6, 6.07) is 3.59. The average molecular weight is 234 g/mol. The summed E-state index contributed by atoms with van der Waals surface area (Å²) in [6.45, 7) is 3.99. The summed E-state index contributed by atoms with van der Waals surface area (Å²) >= 11 is 0. The number of nitrogens with one attached hydrogen (secondary N) is 1. The number of nitrogens with zero attached hydrogens (tertiary/aromatic N) is 3. The Labute approximate surface area is 101 Å². The predicted molar refractivity (Wildman–Crippen MR) is 67.3 cm³/mol. The lowest BCUT2D eigenvalue weighted by Gasteiger charge is -2.33. The van der Waals surface area contributed by atoms with Crippen LogP contribution in [0.2, 0.25) is 0 Å². The molecular formula is C12H18N4O. The maximum Gasteiger partial charge on any atom is 0.251 e. The maximum atomic E-state index is 11.5. The van der Waals surface area contributed by atoms with Crippen LogP contribution in [0.15, 0.2) is 18.3 Å². The zero-order chi connectivity index (χ0) is 12.3. The van der Waals surface area contributed by atoms with Crippen LogP contribution in [0.4, 0.5) is 5.82 Å². The highest BCUT2D eigenvalue weighted by molar-refractivity contribution is 5.94. The molecule has 1 saturated heterocycles. The molecule has 1 amide bonds. The maximum absolute atomic E-state index is 11.5. The van der Waals surface area contributed by atoms with Crippen LogP contribution in [0.3, 0.4) is 0 Å². The van der Waals surface area contributed by atoms with Gasteiger partial charge in [-0.05, 0) is 19.2 Å². The Hall–Kier alpha value is -1.62. The number of aromatic nitrogens is 1. The third-order valence-electron chi connectivity index (χ3n) is 3.06. The lowest BCUT2D eigenvalue weighted by atomic mass is 10.2. The van der Waals surface area contributed by atoms with E-state index in [1.54, 1.807) is 19.3 Å². The van der Waals surface area contributed by atoms with E-state index in [1.165, 1.54) is 0 Å². The molecule has 5 heteroatoms. The minimum absolute atomic E-state index is 0.0669. The van der Waals surface area contributed by atoms with Gasteiger partial charge in [-0.15, -0.1) is 0 Å². The van der Waals surface area contributed by atoms with Crippen LogP contribution < -0.4 is 10.2 Å². The molecule has 1 aliphatic heterocycles. The number of anilines is 1. The molecule has 0 unspecified atom stereocenters. The first kappa shape index (κ1) is 11.9. The normalized spacial score (nSPS) is 16.9. The number of carbonyl (C=O) groups excluding carboxylic acids is 1. The summed E-state index contributed by atoms with van der Waals surface area (Å²) in [5.74, 6) is 0.821. The van der Waals surface area contributed by atoms with Gasteiger partial charge in [0.25, 0.3) is 5.91 Å². The van der Waals surface area contributed by atoms with Crippen molar-refractivity contribution in [3.8, 4) is 0 Å². The van der Waals surface area contributed by atoms with E-state index in [-0.39, 0.29) is 5.91 Å². The van der Waals surface area contributed by atoms with Crippen molar-refractivity contribution in [2.24, 2.45) is 0 Å². The Balaban J connectivity index is 2.13. The molecule has 0 atom stereocenters. The quantitative estimate of drug-likeness (QED) is 0.794. The lowest BCUT2D eigenvalue weighted by molar-refractivity contribution is 0.0963. The van der Waals surface area contributed by atoms with Crippen LogP contribution in [-0.4, -0.2) is 56.1 Å². The number of piperazine rings is 1. The topological polar surface area (TPSA) is 48.5 Å². The molecule has 17 heavy (non-hydrogen) atoms. The number of amides is 1. The van der Waals surface area contributed by atoms with Crippen molar-refractivity contribution in [3.63, 3.8) is 0 Å². The molecule has 0 aromatic carbocycles. The second-order valence-corrected chi connectivity index (χ2v) is 4.27. The van der Waals surface area contributed by atoms with E-state index < -0.39 is 0 Å².